The van der Waals surface area contributed by atoms with Crippen LogP contribution in [-0.4, -0.2) is 21.5 Å². The predicted octanol–water partition coefficient (Wildman–Crippen LogP) is 2.80. The summed E-state index contributed by atoms with van der Waals surface area (Å²) in [5.41, 5.74) is 7.26. The molecule has 2 aromatic rings. The first-order chi connectivity index (χ1) is 11.5. The molecular formula is C18H23FN4O. The molecule has 2 atom stereocenters. The second-order valence-corrected chi connectivity index (χ2v) is 7.29. The summed E-state index contributed by atoms with van der Waals surface area (Å²) in [7, 11) is 1.79. The van der Waals surface area contributed by atoms with Gasteiger partial charge in [0.1, 0.15) is 5.52 Å². The van der Waals surface area contributed by atoms with Crippen molar-refractivity contribution in [2.75, 3.05) is 5.32 Å². The van der Waals surface area contributed by atoms with Gasteiger partial charge in [0.05, 0.1) is 5.52 Å². The van der Waals surface area contributed by atoms with Gasteiger partial charge in [-0.1, -0.05) is 12.5 Å². The fourth-order valence-electron chi connectivity index (χ4n) is 4.51. The summed E-state index contributed by atoms with van der Waals surface area (Å²) >= 11 is 0. The summed E-state index contributed by atoms with van der Waals surface area (Å²) in [6, 6.07) is 5.07. The maximum atomic E-state index is 13.9. The molecule has 1 amide bonds. The normalized spacial score (nSPS) is 29.6. The number of hydrogen-bond donors (Lipinski definition) is 2. The van der Waals surface area contributed by atoms with Crippen LogP contribution >= 0.6 is 0 Å². The molecule has 0 saturated heterocycles. The van der Waals surface area contributed by atoms with Crippen molar-refractivity contribution in [3.05, 3.63) is 24.0 Å². The summed E-state index contributed by atoms with van der Waals surface area (Å²) in [5.74, 6) is 0.890. The Morgan fingerprint density at radius 3 is 2.71 bits per heavy atom. The van der Waals surface area contributed by atoms with Gasteiger partial charge in [0.15, 0.2) is 5.82 Å². The first-order valence-electron chi connectivity index (χ1n) is 8.72. The van der Waals surface area contributed by atoms with Crippen molar-refractivity contribution < 1.29 is 9.18 Å². The van der Waals surface area contributed by atoms with Crippen molar-refractivity contribution in [1.82, 2.24) is 9.55 Å². The quantitative estimate of drug-likeness (QED) is 0.889. The number of benzene rings is 1. The average molecular weight is 330 g/mol. The number of anilines is 1. The molecule has 128 valence electrons. The van der Waals surface area contributed by atoms with Gasteiger partial charge in [0.2, 0.25) is 11.9 Å². The van der Waals surface area contributed by atoms with Crippen LogP contribution in [0, 0.1) is 23.6 Å². The molecule has 1 aromatic heterocycles. The van der Waals surface area contributed by atoms with Crippen LogP contribution in [0.2, 0.25) is 0 Å². The van der Waals surface area contributed by atoms with E-state index in [2.05, 4.69) is 10.3 Å². The van der Waals surface area contributed by atoms with Gasteiger partial charge in [0, 0.05) is 19.0 Å². The topological polar surface area (TPSA) is 72.9 Å². The van der Waals surface area contributed by atoms with E-state index < -0.39 is 0 Å². The van der Waals surface area contributed by atoms with Gasteiger partial charge in [-0.25, -0.2) is 9.37 Å². The molecule has 2 bridgehead atoms. The molecule has 1 heterocycles. The highest BCUT2D eigenvalue weighted by Gasteiger charge is 2.40. The predicted molar refractivity (Wildman–Crippen MR) is 90.8 cm³/mol. The molecule has 24 heavy (non-hydrogen) atoms. The molecule has 6 heteroatoms. The molecule has 4 rings (SSSR count). The van der Waals surface area contributed by atoms with Crippen LogP contribution in [0.15, 0.2) is 18.2 Å². The van der Waals surface area contributed by atoms with Crippen molar-refractivity contribution in [1.29, 1.82) is 0 Å². The molecule has 2 fully saturated rings. The molecule has 1 aromatic carbocycles. The van der Waals surface area contributed by atoms with E-state index in [4.69, 9.17) is 5.73 Å². The number of nitrogens with zero attached hydrogens (tertiary/aromatic N) is 2. The maximum absolute atomic E-state index is 13.9. The lowest BCUT2D eigenvalue weighted by atomic mass is 9.65. The lowest BCUT2D eigenvalue weighted by molar-refractivity contribution is -0.122. The smallest absolute Gasteiger partial charge is 0.229 e. The van der Waals surface area contributed by atoms with Crippen LogP contribution < -0.4 is 11.1 Å². The summed E-state index contributed by atoms with van der Waals surface area (Å²) in [6.45, 7) is 0. The van der Waals surface area contributed by atoms with E-state index in [-0.39, 0.29) is 29.2 Å². The Balaban J connectivity index is 1.54. The number of carbonyl (C=O) groups excluding carboxylic acids is 1. The summed E-state index contributed by atoms with van der Waals surface area (Å²) in [5, 5.41) is 2.91. The van der Waals surface area contributed by atoms with Gasteiger partial charge in [-0.2, -0.15) is 0 Å². The van der Waals surface area contributed by atoms with Crippen molar-refractivity contribution in [3.63, 3.8) is 0 Å². The highest BCUT2D eigenvalue weighted by molar-refractivity contribution is 5.93. The van der Waals surface area contributed by atoms with E-state index in [1.54, 1.807) is 23.7 Å². The number of para-hydroxylation sites is 1. The molecular weight excluding hydrogens is 307 g/mol. The molecule has 3 N–H and O–H groups in total. The van der Waals surface area contributed by atoms with Crippen molar-refractivity contribution >= 4 is 22.9 Å². The number of halogens is 1. The number of hydrogen-bond acceptors (Lipinski definition) is 3. The van der Waals surface area contributed by atoms with Crippen molar-refractivity contribution in [2.45, 2.75) is 38.1 Å². The molecule has 0 radical (unpaired) electrons. The van der Waals surface area contributed by atoms with E-state index in [0.717, 1.165) is 25.7 Å². The highest BCUT2D eigenvalue weighted by atomic mass is 19.1. The molecule has 5 nitrogen and oxygen atoms in total. The zero-order valence-electron chi connectivity index (χ0n) is 13.8. The SMILES string of the molecule is Cn1c(NC(=O)C2CC3CCCC(C2)C3N)nc2c(F)cccc21. The molecule has 2 saturated carbocycles. The maximum Gasteiger partial charge on any atom is 0.229 e. The zero-order valence-corrected chi connectivity index (χ0v) is 13.8. The third-order valence-corrected chi connectivity index (χ3v) is 5.88. The lowest BCUT2D eigenvalue weighted by Crippen LogP contribution is -2.48. The van der Waals surface area contributed by atoms with Gasteiger partial charge in [-0.15, -0.1) is 0 Å². The Kier molecular flexibility index (Phi) is 3.79. The number of aryl methyl sites for hydroxylation is 1. The van der Waals surface area contributed by atoms with E-state index in [1.807, 2.05) is 0 Å². The van der Waals surface area contributed by atoms with E-state index in [9.17, 15) is 9.18 Å². The number of carbonyl (C=O) groups is 1. The molecule has 2 aliphatic carbocycles. The highest BCUT2D eigenvalue weighted by Crippen LogP contribution is 2.42. The van der Waals surface area contributed by atoms with E-state index in [0.29, 0.717) is 23.3 Å². The second-order valence-electron chi connectivity index (χ2n) is 7.29. The number of fused-ring (bicyclic) bond motifs is 3. The fraction of sp³-hybridized carbons (Fsp3) is 0.556. The standard InChI is InChI=1S/C18H23FN4O/c1-23-14-7-3-6-13(19)16(14)21-18(23)22-17(24)12-8-10-4-2-5-11(9-12)15(10)20/h3,6-7,10-12,15H,2,4-5,8-9,20H2,1H3,(H,21,22,24). The first-order valence-corrected chi connectivity index (χ1v) is 8.72. The van der Waals surface area contributed by atoms with Crippen LogP contribution in [0.1, 0.15) is 32.1 Å². The van der Waals surface area contributed by atoms with Gasteiger partial charge in [-0.05, 0) is 49.7 Å². The third-order valence-electron chi connectivity index (χ3n) is 5.88. The van der Waals surface area contributed by atoms with Crippen molar-refractivity contribution in [3.8, 4) is 0 Å². The fourth-order valence-corrected chi connectivity index (χ4v) is 4.51. The Bertz CT molecular complexity index is 773. The Hall–Kier alpha value is -1.95. The number of nitrogens with one attached hydrogen (secondary N) is 1. The number of aromatic nitrogens is 2. The Labute approximate surface area is 140 Å². The minimum absolute atomic E-state index is 0.0161. The number of imidazole rings is 1. The van der Waals surface area contributed by atoms with Crippen LogP contribution in [0.25, 0.3) is 11.0 Å². The zero-order chi connectivity index (χ0) is 16.8. The first kappa shape index (κ1) is 15.6. The van der Waals surface area contributed by atoms with Crippen molar-refractivity contribution in [2.24, 2.45) is 30.5 Å². The van der Waals surface area contributed by atoms with Crippen LogP contribution in [0.3, 0.4) is 0 Å². The van der Waals surface area contributed by atoms with E-state index >= 15 is 0 Å². The average Bonchev–Trinajstić information content (AvgIpc) is 2.85. The Morgan fingerprint density at radius 1 is 1.33 bits per heavy atom. The molecule has 2 aliphatic rings. The summed E-state index contributed by atoms with van der Waals surface area (Å²) in [6.07, 6.45) is 5.17. The summed E-state index contributed by atoms with van der Waals surface area (Å²) in [4.78, 5) is 17.0. The Morgan fingerprint density at radius 2 is 2.04 bits per heavy atom. The number of rotatable bonds is 2. The van der Waals surface area contributed by atoms with Gasteiger partial charge in [0.25, 0.3) is 0 Å². The second kappa shape index (κ2) is 5.84. The molecule has 0 spiro atoms. The molecule has 2 unspecified atom stereocenters. The van der Waals surface area contributed by atoms with Gasteiger partial charge < -0.3 is 10.3 Å². The summed E-state index contributed by atoms with van der Waals surface area (Å²) < 4.78 is 15.6. The van der Waals surface area contributed by atoms with Crippen LogP contribution in [0.5, 0.6) is 0 Å². The monoisotopic (exact) mass is 330 g/mol. The van der Waals surface area contributed by atoms with Crippen LogP contribution in [0.4, 0.5) is 10.3 Å². The number of amides is 1. The lowest BCUT2D eigenvalue weighted by Gasteiger charge is -2.43. The van der Waals surface area contributed by atoms with Gasteiger partial charge in [-0.3, -0.25) is 10.1 Å². The largest absolute Gasteiger partial charge is 0.327 e. The minimum Gasteiger partial charge on any atom is -0.327 e. The van der Waals surface area contributed by atoms with Crippen LogP contribution in [-0.2, 0) is 11.8 Å². The third kappa shape index (κ3) is 2.49. The van der Waals surface area contributed by atoms with Gasteiger partial charge >= 0.3 is 0 Å². The molecule has 0 aliphatic heterocycles. The number of nitrogens with two attached hydrogens (primary N) is 1. The minimum atomic E-state index is -0.373. The van der Waals surface area contributed by atoms with E-state index in [1.165, 1.54) is 12.5 Å².